The van der Waals surface area contributed by atoms with Crippen molar-refractivity contribution in [2.45, 2.75) is 0 Å². The smallest absolute Gasteiger partial charge is 0.224 e. The fraction of sp³-hybridized carbons (Fsp3) is 0. The normalized spacial score (nSPS) is 11.0. The van der Waals surface area contributed by atoms with Gasteiger partial charge >= 0.3 is 0 Å². The van der Waals surface area contributed by atoms with Crippen molar-refractivity contribution in [3.8, 4) is 22.9 Å². The number of phenols is 2. The van der Waals surface area contributed by atoms with Crippen LogP contribution in [0.4, 0.5) is 5.95 Å². The molecular weight excluding hydrogens is 303 g/mol. The first-order valence-electron chi connectivity index (χ1n) is 7.09. The molecule has 3 rings (SSSR count). The lowest BCUT2D eigenvalue weighted by Crippen LogP contribution is -2.02. The Morgan fingerprint density at radius 3 is 2.50 bits per heavy atom. The predicted molar refractivity (Wildman–Crippen MR) is 93.8 cm³/mol. The third-order valence-electron chi connectivity index (χ3n) is 3.28. The number of phenolic OH excluding ortho intramolecular Hbond substituents is 2. The molecule has 2 aromatic carbocycles. The van der Waals surface area contributed by atoms with E-state index in [9.17, 15) is 10.2 Å². The highest BCUT2D eigenvalue weighted by Crippen LogP contribution is 2.26. The van der Waals surface area contributed by atoms with Crippen molar-refractivity contribution < 1.29 is 10.2 Å². The van der Waals surface area contributed by atoms with E-state index in [1.807, 2.05) is 0 Å². The zero-order valence-electron chi connectivity index (χ0n) is 12.6. The molecule has 1 heterocycles. The largest absolute Gasteiger partial charge is 0.507 e. The summed E-state index contributed by atoms with van der Waals surface area (Å²) in [4.78, 5) is 12.3. The van der Waals surface area contributed by atoms with Gasteiger partial charge in [0, 0.05) is 5.56 Å². The van der Waals surface area contributed by atoms with Crippen molar-refractivity contribution in [1.29, 1.82) is 0 Å². The molecule has 0 aliphatic heterocycles. The fourth-order valence-corrected chi connectivity index (χ4v) is 2.14. The van der Waals surface area contributed by atoms with Crippen molar-refractivity contribution in [2.75, 3.05) is 5.73 Å². The minimum Gasteiger partial charge on any atom is -0.507 e. The Labute approximate surface area is 139 Å². The lowest BCUT2D eigenvalue weighted by atomic mass is 9.94. The number of aromatic hydroxyl groups is 2. The van der Waals surface area contributed by atoms with Crippen LogP contribution in [0, 0.1) is 0 Å². The molecule has 0 amide bonds. The number of nitrogens with two attached hydrogens (primary N) is 1. The van der Waals surface area contributed by atoms with Crippen LogP contribution in [0.1, 0.15) is 11.4 Å². The van der Waals surface area contributed by atoms with Gasteiger partial charge < -0.3 is 15.9 Å². The summed E-state index contributed by atoms with van der Waals surface area (Å²) in [6.07, 6.45) is 3.20. The number of anilines is 1. The van der Waals surface area contributed by atoms with Gasteiger partial charge in [0.1, 0.15) is 19.3 Å². The minimum absolute atomic E-state index is 0.0275. The van der Waals surface area contributed by atoms with E-state index in [1.54, 1.807) is 42.5 Å². The first-order chi connectivity index (χ1) is 11.5. The lowest BCUT2D eigenvalue weighted by Gasteiger charge is -2.05. The van der Waals surface area contributed by atoms with Gasteiger partial charge in [0.2, 0.25) is 5.95 Å². The van der Waals surface area contributed by atoms with Crippen LogP contribution in [0.5, 0.6) is 11.5 Å². The topological polar surface area (TPSA) is 105 Å². The number of nitrogen functional groups attached to an aromatic ring is 1. The Hall–Kier alpha value is -3.35. The van der Waals surface area contributed by atoms with Crippen LogP contribution in [0.15, 0.2) is 42.5 Å². The van der Waals surface area contributed by atoms with Crippen LogP contribution in [0.25, 0.3) is 23.5 Å². The quantitative estimate of drug-likeness (QED) is 0.632. The monoisotopic (exact) mass is 316 g/mol. The first kappa shape index (κ1) is 15.5. The first-order valence-corrected chi connectivity index (χ1v) is 7.09. The van der Waals surface area contributed by atoms with Crippen molar-refractivity contribution in [2.24, 2.45) is 0 Å². The second kappa shape index (κ2) is 6.41. The molecule has 1 aromatic heterocycles. The van der Waals surface area contributed by atoms with Crippen LogP contribution in [0.3, 0.4) is 0 Å². The second-order valence-electron chi connectivity index (χ2n) is 5.04. The minimum atomic E-state index is 0.0275. The lowest BCUT2D eigenvalue weighted by molar-refractivity contribution is 0.474. The maximum Gasteiger partial charge on any atom is 0.224 e. The van der Waals surface area contributed by atoms with Gasteiger partial charge in [-0.05, 0) is 30.4 Å². The van der Waals surface area contributed by atoms with Crippen molar-refractivity contribution in [1.82, 2.24) is 15.0 Å². The maximum atomic E-state index is 9.91. The van der Waals surface area contributed by atoms with Gasteiger partial charge in [0.15, 0.2) is 11.6 Å². The summed E-state index contributed by atoms with van der Waals surface area (Å²) in [7, 11) is 5.70. The van der Waals surface area contributed by atoms with E-state index in [1.165, 1.54) is 12.1 Å². The fourth-order valence-electron chi connectivity index (χ4n) is 2.14. The van der Waals surface area contributed by atoms with E-state index in [-0.39, 0.29) is 23.3 Å². The Balaban J connectivity index is 1.99. The number of aromatic nitrogens is 3. The van der Waals surface area contributed by atoms with Crippen LogP contribution >= 0.6 is 0 Å². The summed E-state index contributed by atoms with van der Waals surface area (Å²) in [5.41, 5.74) is 7.23. The van der Waals surface area contributed by atoms with Gasteiger partial charge in [-0.2, -0.15) is 9.97 Å². The Morgan fingerprint density at radius 2 is 1.71 bits per heavy atom. The molecule has 7 heteroatoms. The SMILES string of the molecule is [B]c1ccc(O)c(/C=C/c2nc(N)nc(-c3ccccc3O)n2)c1. The highest BCUT2D eigenvalue weighted by molar-refractivity contribution is 6.32. The average molecular weight is 316 g/mol. The molecular formula is C17H13BN4O2. The summed E-state index contributed by atoms with van der Waals surface area (Å²) in [5.74, 6) is 0.717. The predicted octanol–water partition coefficient (Wildman–Crippen LogP) is 1.50. The van der Waals surface area contributed by atoms with Crippen LogP contribution in [-0.2, 0) is 0 Å². The Morgan fingerprint density at radius 1 is 0.917 bits per heavy atom. The summed E-state index contributed by atoms with van der Waals surface area (Å²) < 4.78 is 0. The molecule has 0 bridgehead atoms. The van der Waals surface area contributed by atoms with Crippen molar-refractivity contribution in [3.63, 3.8) is 0 Å². The zero-order valence-corrected chi connectivity index (χ0v) is 12.6. The molecule has 0 aliphatic carbocycles. The van der Waals surface area contributed by atoms with Crippen LogP contribution in [-0.4, -0.2) is 33.0 Å². The highest BCUT2D eigenvalue weighted by Gasteiger charge is 2.09. The molecule has 0 aliphatic rings. The van der Waals surface area contributed by atoms with Gasteiger partial charge in [0.25, 0.3) is 0 Å². The van der Waals surface area contributed by atoms with Gasteiger partial charge in [-0.1, -0.05) is 29.7 Å². The number of para-hydroxylation sites is 1. The molecule has 6 nitrogen and oxygen atoms in total. The van der Waals surface area contributed by atoms with Crippen LogP contribution < -0.4 is 11.2 Å². The Kier molecular flexibility index (Phi) is 4.16. The molecule has 0 spiro atoms. The molecule has 116 valence electrons. The number of hydrogen-bond acceptors (Lipinski definition) is 6. The summed E-state index contributed by atoms with van der Waals surface area (Å²) >= 11 is 0. The number of nitrogens with zero attached hydrogens (tertiary/aromatic N) is 3. The van der Waals surface area contributed by atoms with Gasteiger partial charge in [0.05, 0.1) is 5.56 Å². The third kappa shape index (κ3) is 3.35. The molecule has 24 heavy (non-hydrogen) atoms. The summed E-state index contributed by atoms with van der Waals surface area (Å²) in [6.45, 7) is 0. The number of benzene rings is 2. The Bertz CT molecular complexity index is 928. The van der Waals surface area contributed by atoms with E-state index in [0.29, 0.717) is 22.4 Å². The van der Waals surface area contributed by atoms with Gasteiger partial charge in [-0.15, -0.1) is 0 Å². The standard InChI is InChI=1S/C17H13BN4O2/c18-11-6-7-13(23)10(9-11)5-8-15-20-16(22-17(19)21-15)12-3-1-2-4-14(12)24/h1-9,23-24H,(H2,19,20,21,22)/b8-5+. The van der Waals surface area contributed by atoms with Crippen molar-refractivity contribution in [3.05, 3.63) is 53.9 Å². The number of rotatable bonds is 3. The molecule has 0 fully saturated rings. The van der Waals surface area contributed by atoms with E-state index < -0.39 is 0 Å². The third-order valence-corrected chi connectivity index (χ3v) is 3.28. The molecule has 0 saturated heterocycles. The molecule has 2 radical (unpaired) electrons. The van der Waals surface area contributed by atoms with Crippen LogP contribution in [0.2, 0.25) is 0 Å². The van der Waals surface area contributed by atoms with E-state index >= 15 is 0 Å². The second-order valence-corrected chi connectivity index (χ2v) is 5.04. The number of hydrogen-bond donors (Lipinski definition) is 3. The van der Waals surface area contributed by atoms with Gasteiger partial charge in [-0.3, -0.25) is 0 Å². The maximum absolute atomic E-state index is 9.91. The van der Waals surface area contributed by atoms with Crippen molar-refractivity contribution >= 4 is 31.4 Å². The molecule has 0 atom stereocenters. The molecule has 0 saturated carbocycles. The van der Waals surface area contributed by atoms with E-state index in [4.69, 9.17) is 13.6 Å². The molecule has 4 N–H and O–H groups in total. The van der Waals surface area contributed by atoms with E-state index in [2.05, 4.69) is 15.0 Å². The zero-order chi connectivity index (χ0) is 17.1. The van der Waals surface area contributed by atoms with E-state index in [0.717, 1.165) is 0 Å². The molecule has 0 unspecified atom stereocenters. The highest BCUT2D eigenvalue weighted by atomic mass is 16.3. The average Bonchev–Trinajstić information content (AvgIpc) is 2.55. The molecule has 3 aromatic rings. The summed E-state index contributed by atoms with van der Waals surface area (Å²) in [6, 6.07) is 11.4. The summed E-state index contributed by atoms with van der Waals surface area (Å²) in [5, 5.41) is 19.7. The van der Waals surface area contributed by atoms with Gasteiger partial charge in [-0.25, -0.2) is 4.98 Å².